The average Bonchev–Trinajstić information content (AvgIpc) is 2.50. The molecule has 21 heavy (non-hydrogen) atoms. The van der Waals surface area contributed by atoms with Crippen molar-refractivity contribution >= 4 is 5.69 Å². The zero-order chi connectivity index (χ0) is 15.1. The van der Waals surface area contributed by atoms with E-state index in [1.165, 1.54) is 0 Å². The number of nitrogens with one attached hydrogen (secondary N) is 1. The lowest BCUT2D eigenvalue weighted by Gasteiger charge is -2.09. The quantitative estimate of drug-likeness (QED) is 0.767. The number of aromatic hydroxyl groups is 1. The molecule has 0 atom stereocenters. The Morgan fingerprint density at radius 1 is 1.10 bits per heavy atom. The molecule has 0 aliphatic rings. The van der Waals surface area contributed by atoms with Crippen molar-refractivity contribution in [3.8, 4) is 11.5 Å². The third-order valence-corrected chi connectivity index (χ3v) is 2.96. The molecule has 112 valence electrons. The van der Waals surface area contributed by atoms with Gasteiger partial charge in [-0.3, -0.25) is 4.98 Å². The van der Waals surface area contributed by atoms with E-state index in [0.717, 1.165) is 17.1 Å². The van der Waals surface area contributed by atoms with Crippen LogP contribution in [0.25, 0.3) is 0 Å². The van der Waals surface area contributed by atoms with Gasteiger partial charge in [0.05, 0.1) is 13.2 Å². The average molecular weight is 288 g/mol. The van der Waals surface area contributed by atoms with Gasteiger partial charge in [-0.25, -0.2) is 0 Å². The van der Waals surface area contributed by atoms with Gasteiger partial charge in [0, 0.05) is 18.5 Å². The van der Waals surface area contributed by atoms with Gasteiger partial charge in [0.15, 0.2) is 0 Å². The fourth-order valence-electron chi connectivity index (χ4n) is 1.83. The van der Waals surface area contributed by atoms with Crippen molar-refractivity contribution in [2.75, 3.05) is 25.6 Å². The van der Waals surface area contributed by atoms with Gasteiger partial charge in [0.25, 0.3) is 0 Å². The number of methoxy groups -OCH3 is 1. The summed E-state index contributed by atoms with van der Waals surface area (Å²) in [5.74, 6) is 1.00. The molecule has 0 saturated carbocycles. The van der Waals surface area contributed by atoms with E-state index in [1.807, 2.05) is 31.2 Å². The first-order valence-corrected chi connectivity index (χ1v) is 6.80. The van der Waals surface area contributed by atoms with E-state index in [4.69, 9.17) is 9.47 Å². The van der Waals surface area contributed by atoms with E-state index < -0.39 is 0 Å². The molecule has 5 heteroatoms. The summed E-state index contributed by atoms with van der Waals surface area (Å²) in [4.78, 5) is 4.30. The highest BCUT2D eigenvalue weighted by atomic mass is 16.5. The molecule has 0 amide bonds. The van der Waals surface area contributed by atoms with E-state index in [0.29, 0.717) is 25.5 Å². The van der Waals surface area contributed by atoms with Crippen LogP contribution in [0, 0.1) is 6.92 Å². The molecule has 1 heterocycles. The van der Waals surface area contributed by atoms with Crippen LogP contribution >= 0.6 is 0 Å². The van der Waals surface area contributed by atoms with Crippen LogP contribution in [0.3, 0.4) is 0 Å². The Labute approximate surface area is 124 Å². The summed E-state index contributed by atoms with van der Waals surface area (Å²) in [6.45, 7) is 3.47. The van der Waals surface area contributed by atoms with E-state index in [-0.39, 0.29) is 5.75 Å². The molecule has 1 aromatic carbocycles. The monoisotopic (exact) mass is 288 g/mol. The lowest BCUT2D eigenvalue weighted by Crippen LogP contribution is -2.05. The molecule has 0 saturated heterocycles. The van der Waals surface area contributed by atoms with Crippen LogP contribution in [0.2, 0.25) is 0 Å². The minimum Gasteiger partial charge on any atom is -0.506 e. The molecule has 0 aliphatic heterocycles. The van der Waals surface area contributed by atoms with Crippen molar-refractivity contribution in [1.29, 1.82) is 0 Å². The summed E-state index contributed by atoms with van der Waals surface area (Å²) >= 11 is 0. The zero-order valence-electron chi connectivity index (χ0n) is 12.3. The number of hydrogen-bond acceptors (Lipinski definition) is 5. The van der Waals surface area contributed by atoms with Crippen molar-refractivity contribution in [2.45, 2.75) is 13.5 Å². The Hall–Kier alpha value is -2.27. The van der Waals surface area contributed by atoms with Gasteiger partial charge in [-0.05, 0) is 43.3 Å². The predicted molar refractivity (Wildman–Crippen MR) is 81.8 cm³/mol. The molecular weight excluding hydrogens is 268 g/mol. The van der Waals surface area contributed by atoms with E-state index >= 15 is 0 Å². The molecule has 0 fully saturated rings. The van der Waals surface area contributed by atoms with Gasteiger partial charge in [-0.15, -0.1) is 0 Å². The Kier molecular flexibility index (Phi) is 5.40. The van der Waals surface area contributed by atoms with Crippen LogP contribution in [0.4, 0.5) is 5.69 Å². The number of ether oxygens (including phenoxy) is 2. The topological polar surface area (TPSA) is 63.6 Å². The summed E-state index contributed by atoms with van der Waals surface area (Å²) in [5, 5.41) is 13.0. The van der Waals surface area contributed by atoms with Crippen LogP contribution in [0.1, 0.15) is 11.4 Å². The van der Waals surface area contributed by atoms with Gasteiger partial charge in [-0.2, -0.15) is 0 Å². The van der Waals surface area contributed by atoms with Gasteiger partial charge >= 0.3 is 0 Å². The number of aromatic nitrogens is 1. The van der Waals surface area contributed by atoms with Crippen molar-refractivity contribution in [3.63, 3.8) is 0 Å². The normalized spacial score (nSPS) is 10.4. The molecule has 2 N–H and O–H groups in total. The van der Waals surface area contributed by atoms with E-state index in [1.54, 1.807) is 19.2 Å². The second kappa shape index (κ2) is 7.50. The summed E-state index contributed by atoms with van der Waals surface area (Å²) in [6.07, 6.45) is 0. The second-order valence-corrected chi connectivity index (χ2v) is 4.64. The number of benzene rings is 1. The fourth-order valence-corrected chi connectivity index (χ4v) is 1.83. The van der Waals surface area contributed by atoms with Crippen LogP contribution < -0.4 is 10.1 Å². The first kappa shape index (κ1) is 15.1. The SMILES string of the molecule is COCCOc1ccc(NCc2nc(C)ccc2O)cc1. The van der Waals surface area contributed by atoms with Gasteiger partial charge < -0.3 is 19.9 Å². The molecule has 1 aromatic heterocycles. The molecule has 0 bridgehead atoms. The maximum atomic E-state index is 9.74. The Bertz CT molecular complexity index is 570. The van der Waals surface area contributed by atoms with Gasteiger partial charge in [0.2, 0.25) is 0 Å². The number of hydrogen-bond donors (Lipinski definition) is 2. The van der Waals surface area contributed by atoms with Crippen molar-refractivity contribution in [1.82, 2.24) is 4.98 Å². The third-order valence-electron chi connectivity index (χ3n) is 2.96. The summed E-state index contributed by atoms with van der Waals surface area (Å²) in [5.41, 5.74) is 2.46. The number of pyridine rings is 1. The lowest BCUT2D eigenvalue weighted by molar-refractivity contribution is 0.146. The number of aryl methyl sites for hydroxylation is 1. The number of rotatable bonds is 7. The largest absolute Gasteiger partial charge is 0.506 e. The zero-order valence-corrected chi connectivity index (χ0v) is 12.3. The molecule has 0 radical (unpaired) electrons. The first-order chi connectivity index (χ1) is 10.2. The Balaban J connectivity index is 1.90. The minimum absolute atomic E-state index is 0.201. The van der Waals surface area contributed by atoms with Crippen LogP contribution in [0.5, 0.6) is 11.5 Å². The van der Waals surface area contributed by atoms with Crippen LogP contribution in [-0.2, 0) is 11.3 Å². The maximum Gasteiger partial charge on any atom is 0.138 e. The molecule has 0 unspecified atom stereocenters. The number of anilines is 1. The molecular formula is C16H20N2O3. The summed E-state index contributed by atoms with van der Waals surface area (Å²) < 4.78 is 10.4. The summed E-state index contributed by atoms with van der Waals surface area (Å²) in [7, 11) is 1.64. The smallest absolute Gasteiger partial charge is 0.138 e. The highest BCUT2D eigenvalue weighted by Crippen LogP contribution is 2.19. The van der Waals surface area contributed by atoms with Crippen molar-refractivity contribution in [3.05, 3.63) is 47.8 Å². The highest BCUT2D eigenvalue weighted by molar-refractivity contribution is 5.47. The summed E-state index contributed by atoms with van der Waals surface area (Å²) in [6, 6.07) is 11.1. The molecule has 2 rings (SSSR count). The fraction of sp³-hybridized carbons (Fsp3) is 0.312. The van der Waals surface area contributed by atoms with Crippen LogP contribution in [-0.4, -0.2) is 30.4 Å². The van der Waals surface area contributed by atoms with E-state index in [9.17, 15) is 5.11 Å². The van der Waals surface area contributed by atoms with Gasteiger partial charge in [-0.1, -0.05) is 0 Å². The minimum atomic E-state index is 0.201. The highest BCUT2D eigenvalue weighted by Gasteiger charge is 2.03. The lowest BCUT2D eigenvalue weighted by atomic mass is 10.2. The maximum absolute atomic E-state index is 9.74. The number of nitrogens with zero attached hydrogens (tertiary/aromatic N) is 1. The third kappa shape index (κ3) is 4.65. The molecule has 0 aliphatic carbocycles. The first-order valence-electron chi connectivity index (χ1n) is 6.80. The van der Waals surface area contributed by atoms with Crippen molar-refractivity contribution in [2.24, 2.45) is 0 Å². The standard InChI is InChI=1S/C16H20N2O3/c1-12-3-8-16(19)15(18-12)11-17-13-4-6-14(7-5-13)21-10-9-20-2/h3-8,17,19H,9-11H2,1-2H3. The van der Waals surface area contributed by atoms with Crippen molar-refractivity contribution < 1.29 is 14.6 Å². The molecule has 2 aromatic rings. The molecule has 0 spiro atoms. The second-order valence-electron chi connectivity index (χ2n) is 4.64. The Morgan fingerprint density at radius 2 is 1.86 bits per heavy atom. The van der Waals surface area contributed by atoms with Crippen LogP contribution in [0.15, 0.2) is 36.4 Å². The van der Waals surface area contributed by atoms with Gasteiger partial charge in [0.1, 0.15) is 23.8 Å². The Morgan fingerprint density at radius 3 is 2.57 bits per heavy atom. The van der Waals surface area contributed by atoms with E-state index in [2.05, 4.69) is 10.3 Å². The molecule has 5 nitrogen and oxygen atoms in total. The predicted octanol–water partition coefficient (Wildman–Crippen LogP) is 2.73.